The molecule has 0 radical (unpaired) electrons. The van der Waals surface area contributed by atoms with Crippen molar-refractivity contribution in [2.45, 2.75) is 120 Å². The van der Waals surface area contributed by atoms with Gasteiger partial charge in [-0.15, -0.1) is 0 Å². The van der Waals surface area contributed by atoms with E-state index in [4.69, 9.17) is 0 Å². The van der Waals surface area contributed by atoms with Crippen molar-refractivity contribution in [2.75, 3.05) is 0 Å². The minimum Gasteiger partial charge on any atom is -0.306 e. The van der Waals surface area contributed by atoms with Gasteiger partial charge in [0.15, 0.2) is 0 Å². The lowest BCUT2D eigenvalue weighted by atomic mass is 9.65. The Morgan fingerprint density at radius 3 is 1.48 bits per heavy atom. The van der Waals surface area contributed by atoms with Crippen LogP contribution in [-0.4, -0.2) is 11.1 Å². The molecule has 140 valence electrons. The third-order valence-electron chi connectivity index (χ3n) is 6.51. The predicted octanol–water partition coefficient (Wildman–Crippen LogP) is 7.06. The van der Waals surface area contributed by atoms with Crippen LogP contribution >= 0.6 is 0 Å². The Bertz CT molecular complexity index is 345. The van der Waals surface area contributed by atoms with E-state index in [-0.39, 0.29) is 21.9 Å². The lowest BCUT2D eigenvalue weighted by molar-refractivity contribution is 0.0381. The average molecular weight is 326 g/mol. The van der Waals surface area contributed by atoms with Crippen LogP contribution in [0.15, 0.2) is 0 Å². The van der Waals surface area contributed by atoms with Crippen LogP contribution in [0, 0.1) is 22.7 Å². The molecule has 0 saturated heterocycles. The van der Waals surface area contributed by atoms with Crippen LogP contribution in [0.2, 0.25) is 0 Å². The normalized spacial score (nSPS) is 14.9. The summed E-state index contributed by atoms with van der Waals surface area (Å²) in [6, 6.07) is 0. The number of rotatable bonds is 10. The van der Waals surface area contributed by atoms with E-state index in [1.807, 2.05) is 0 Å². The van der Waals surface area contributed by atoms with Crippen molar-refractivity contribution in [1.29, 1.82) is 0 Å². The highest BCUT2D eigenvalue weighted by Gasteiger charge is 2.45. The molecule has 0 rings (SSSR count). The maximum absolute atomic E-state index is 4.06. The summed E-state index contributed by atoms with van der Waals surface area (Å²) in [6.07, 6.45) is 5.19. The summed E-state index contributed by atoms with van der Waals surface area (Å²) in [5, 5.41) is 4.06. The van der Waals surface area contributed by atoms with Gasteiger partial charge in [-0.1, -0.05) is 68.2 Å². The summed E-state index contributed by atoms with van der Waals surface area (Å²) >= 11 is 0. The molecule has 0 amide bonds. The molecule has 0 heterocycles. The fraction of sp³-hybridized carbons (Fsp3) is 1.00. The van der Waals surface area contributed by atoms with Gasteiger partial charge in [0.1, 0.15) is 0 Å². The number of nitrogens with one attached hydrogen (secondary N) is 1. The maximum atomic E-state index is 4.06. The van der Waals surface area contributed by atoms with Gasteiger partial charge in [0, 0.05) is 11.1 Å². The second-order valence-electron chi connectivity index (χ2n) is 11.0. The van der Waals surface area contributed by atoms with E-state index in [9.17, 15) is 0 Å². The summed E-state index contributed by atoms with van der Waals surface area (Å²) in [6.45, 7) is 28.6. The molecule has 0 atom stereocenters. The summed E-state index contributed by atoms with van der Waals surface area (Å²) in [5.41, 5.74) is 0.775. The first-order valence-electron chi connectivity index (χ1n) is 9.83. The molecule has 0 saturated carbocycles. The van der Waals surface area contributed by atoms with Crippen LogP contribution in [0.3, 0.4) is 0 Å². The molecule has 0 spiro atoms. The fourth-order valence-electron chi connectivity index (χ4n) is 3.66. The van der Waals surface area contributed by atoms with Crippen molar-refractivity contribution < 1.29 is 0 Å². The van der Waals surface area contributed by atoms with E-state index in [2.05, 4.69) is 88.4 Å². The first kappa shape index (κ1) is 23.0. The quantitative estimate of drug-likeness (QED) is 0.453. The highest BCUT2D eigenvalue weighted by atomic mass is 15.1. The zero-order chi connectivity index (χ0) is 18.7. The molecule has 0 aromatic rings. The van der Waals surface area contributed by atoms with E-state index in [1.165, 1.54) is 25.7 Å². The molecule has 0 fully saturated rings. The molecule has 0 unspecified atom stereocenters. The first-order chi connectivity index (χ1) is 10.0. The van der Waals surface area contributed by atoms with E-state index in [1.54, 1.807) is 0 Å². The minimum absolute atomic E-state index is 0.107. The standard InChI is InChI=1S/C22H47N/c1-17(2)14-13-15-19(5,6)21(9,10)23-22(11,12)20(7,8)16-18(3)4/h17-18,23H,13-16H2,1-12H3. The summed E-state index contributed by atoms with van der Waals surface area (Å²) in [7, 11) is 0. The highest BCUT2D eigenvalue weighted by Crippen LogP contribution is 2.42. The molecule has 0 aromatic carbocycles. The predicted molar refractivity (Wildman–Crippen MR) is 107 cm³/mol. The molecular weight excluding hydrogens is 278 g/mol. The Balaban J connectivity index is 5.05. The molecule has 1 N–H and O–H groups in total. The zero-order valence-corrected chi connectivity index (χ0v) is 18.5. The van der Waals surface area contributed by atoms with Gasteiger partial charge in [-0.2, -0.15) is 0 Å². The van der Waals surface area contributed by atoms with Gasteiger partial charge in [-0.25, -0.2) is 0 Å². The van der Waals surface area contributed by atoms with Gasteiger partial charge in [-0.05, 0) is 63.2 Å². The Kier molecular flexibility index (Phi) is 7.88. The monoisotopic (exact) mass is 325 g/mol. The van der Waals surface area contributed by atoms with Crippen LogP contribution in [0.25, 0.3) is 0 Å². The van der Waals surface area contributed by atoms with Crippen molar-refractivity contribution in [2.24, 2.45) is 22.7 Å². The number of hydrogen-bond acceptors (Lipinski definition) is 1. The molecule has 0 aliphatic heterocycles. The molecule has 23 heavy (non-hydrogen) atoms. The zero-order valence-electron chi connectivity index (χ0n) is 18.5. The average Bonchev–Trinajstić information content (AvgIpc) is 2.23. The van der Waals surface area contributed by atoms with E-state index < -0.39 is 0 Å². The van der Waals surface area contributed by atoms with Gasteiger partial charge in [0.2, 0.25) is 0 Å². The van der Waals surface area contributed by atoms with Gasteiger partial charge >= 0.3 is 0 Å². The lowest BCUT2D eigenvalue weighted by Crippen LogP contribution is -2.64. The van der Waals surface area contributed by atoms with E-state index in [0.717, 1.165) is 11.8 Å². The summed E-state index contributed by atoms with van der Waals surface area (Å²) in [5.74, 6) is 1.54. The lowest BCUT2D eigenvalue weighted by Gasteiger charge is -2.53. The Labute approximate surface area is 148 Å². The Morgan fingerprint density at radius 2 is 1.09 bits per heavy atom. The maximum Gasteiger partial charge on any atom is 0.0181 e. The van der Waals surface area contributed by atoms with Crippen molar-refractivity contribution in [1.82, 2.24) is 5.32 Å². The topological polar surface area (TPSA) is 12.0 Å². The summed E-state index contributed by atoms with van der Waals surface area (Å²) in [4.78, 5) is 0. The second kappa shape index (κ2) is 7.89. The van der Waals surface area contributed by atoms with Gasteiger partial charge in [0.05, 0.1) is 0 Å². The second-order valence-corrected chi connectivity index (χ2v) is 11.0. The van der Waals surface area contributed by atoms with Crippen LogP contribution in [0.5, 0.6) is 0 Å². The fourth-order valence-corrected chi connectivity index (χ4v) is 3.66. The van der Waals surface area contributed by atoms with Gasteiger partial charge in [0.25, 0.3) is 0 Å². The van der Waals surface area contributed by atoms with Crippen LogP contribution < -0.4 is 5.32 Å². The van der Waals surface area contributed by atoms with Crippen LogP contribution in [0.4, 0.5) is 0 Å². The summed E-state index contributed by atoms with van der Waals surface area (Å²) < 4.78 is 0. The van der Waals surface area contributed by atoms with E-state index >= 15 is 0 Å². The Morgan fingerprint density at radius 1 is 0.652 bits per heavy atom. The molecular formula is C22H47N. The van der Waals surface area contributed by atoms with Crippen LogP contribution in [-0.2, 0) is 0 Å². The SMILES string of the molecule is CC(C)CCCC(C)(C)C(C)(C)NC(C)(C)C(C)(C)CC(C)C. The molecule has 0 bridgehead atoms. The van der Waals surface area contributed by atoms with Gasteiger partial charge in [-0.3, -0.25) is 0 Å². The Hall–Kier alpha value is -0.0400. The van der Waals surface area contributed by atoms with Crippen molar-refractivity contribution in [3.8, 4) is 0 Å². The molecule has 0 aromatic heterocycles. The van der Waals surface area contributed by atoms with Gasteiger partial charge < -0.3 is 5.32 Å². The molecule has 1 nitrogen and oxygen atoms in total. The van der Waals surface area contributed by atoms with Crippen molar-refractivity contribution >= 4 is 0 Å². The van der Waals surface area contributed by atoms with Crippen molar-refractivity contribution in [3.63, 3.8) is 0 Å². The first-order valence-corrected chi connectivity index (χ1v) is 9.83. The molecule has 1 heteroatoms. The van der Waals surface area contributed by atoms with Crippen molar-refractivity contribution in [3.05, 3.63) is 0 Å². The largest absolute Gasteiger partial charge is 0.306 e. The molecule has 0 aliphatic rings. The van der Waals surface area contributed by atoms with Crippen LogP contribution in [0.1, 0.15) is 109 Å². The number of hydrogen-bond donors (Lipinski definition) is 1. The highest BCUT2D eigenvalue weighted by molar-refractivity contribution is 5.02. The third-order valence-corrected chi connectivity index (χ3v) is 6.51. The van der Waals surface area contributed by atoms with E-state index in [0.29, 0.717) is 0 Å². The smallest absolute Gasteiger partial charge is 0.0181 e. The third kappa shape index (κ3) is 6.77. The molecule has 0 aliphatic carbocycles. The minimum atomic E-state index is 0.107.